The highest BCUT2D eigenvalue weighted by Crippen LogP contribution is 1.83. The Hall–Kier alpha value is -1.22. The van der Waals surface area contributed by atoms with Crippen molar-refractivity contribution in [2.24, 2.45) is 5.11 Å². The molecule has 1 unspecified atom stereocenters. The average molecular weight is 116 g/mol. The van der Waals surface area contributed by atoms with E-state index in [-0.39, 0.29) is 0 Å². The minimum atomic E-state index is -1.07. The van der Waals surface area contributed by atoms with E-state index < -0.39 is 12.0 Å². The zero-order valence-corrected chi connectivity index (χ0v) is 4.33. The van der Waals surface area contributed by atoms with Crippen molar-refractivity contribution in [1.29, 1.82) is 5.53 Å². The van der Waals surface area contributed by atoms with Crippen LogP contribution >= 0.6 is 0 Å². The first-order chi connectivity index (χ1) is 3.68. The summed E-state index contributed by atoms with van der Waals surface area (Å²) in [5, 5.41) is 11.1. The van der Waals surface area contributed by atoms with Gasteiger partial charge in [0, 0.05) is 0 Å². The normalized spacial score (nSPS) is 11.6. The van der Waals surface area contributed by atoms with E-state index in [1.165, 1.54) is 6.92 Å². The third-order valence-corrected chi connectivity index (χ3v) is 0.588. The molecule has 0 spiro atoms. The van der Waals surface area contributed by atoms with E-state index in [9.17, 15) is 4.79 Å². The van der Waals surface area contributed by atoms with Gasteiger partial charge >= 0.3 is 5.97 Å². The first-order valence-corrected chi connectivity index (χ1v) is 1.98. The maximum Gasteiger partial charge on any atom is 0.335 e. The Bertz CT molecular complexity index is 135. The summed E-state index contributed by atoms with van der Waals surface area (Å²) in [4.78, 5) is 12.4. The van der Waals surface area contributed by atoms with Gasteiger partial charge in [-0.3, -0.25) is 0 Å². The van der Waals surface area contributed by atoms with Gasteiger partial charge in [0.1, 0.15) is 10.6 Å². The SMILES string of the molecule is CC(N=[N+]=N)C(=O)O. The number of hydrogen-bond donors (Lipinski definition) is 2. The predicted molar refractivity (Wildman–Crippen MR) is 24.4 cm³/mol. The Balaban J connectivity index is 3.82. The minimum Gasteiger partial charge on any atom is -0.479 e. The topological polar surface area (TPSA) is 87.6 Å². The van der Waals surface area contributed by atoms with Crippen LogP contribution in [0.4, 0.5) is 0 Å². The lowest BCUT2D eigenvalue weighted by Gasteiger charge is -1.83. The van der Waals surface area contributed by atoms with Crippen LogP contribution in [0.3, 0.4) is 0 Å². The summed E-state index contributed by atoms with van der Waals surface area (Å²) in [5.74, 6) is -1.07. The van der Waals surface area contributed by atoms with Gasteiger partial charge in [0.2, 0.25) is 11.0 Å². The Morgan fingerprint density at radius 1 is 2.00 bits per heavy atom. The van der Waals surface area contributed by atoms with Gasteiger partial charge in [-0.25, -0.2) is 4.79 Å². The second-order valence-corrected chi connectivity index (χ2v) is 1.23. The molecular formula is C3H6N3O2+. The summed E-state index contributed by atoms with van der Waals surface area (Å²) < 4.78 is 0. The van der Waals surface area contributed by atoms with Gasteiger partial charge < -0.3 is 5.11 Å². The number of hydrogen-bond acceptors (Lipinski definition) is 3. The molecule has 0 amide bonds. The zero-order chi connectivity index (χ0) is 6.57. The molecule has 0 aromatic heterocycles. The van der Waals surface area contributed by atoms with E-state index in [1.807, 2.05) is 0 Å². The lowest BCUT2D eigenvalue weighted by Crippen LogP contribution is -2.12. The van der Waals surface area contributed by atoms with Gasteiger partial charge in [0.15, 0.2) is 0 Å². The summed E-state index contributed by atoms with van der Waals surface area (Å²) in [7, 11) is 0. The molecule has 0 aromatic carbocycles. The number of aliphatic carboxylic acids is 1. The third kappa shape index (κ3) is 2.04. The molecule has 5 nitrogen and oxygen atoms in total. The van der Waals surface area contributed by atoms with Crippen LogP contribution in [0.2, 0.25) is 0 Å². The molecule has 0 saturated heterocycles. The second kappa shape index (κ2) is 2.87. The van der Waals surface area contributed by atoms with Gasteiger partial charge in [-0.05, 0) is 6.92 Å². The van der Waals surface area contributed by atoms with E-state index in [0.29, 0.717) is 0 Å². The molecule has 0 bridgehead atoms. The van der Waals surface area contributed by atoms with Crippen molar-refractivity contribution in [3.63, 3.8) is 0 Å². The summed E-state index contributed by atoms with van der Waals surface area (Å²) in [5.41, 5.74) is 6.12. The highest BCUT2D eigenvalue weighted by molar-refractivity contribution is 5.72. The summed E-state index contributed by atoms with van der Waals surface area (Å²) in [6.07, 6.45) is 0. The third-order valence-electron chi connectivity index (χ3n) is 0.588. The van der Waals surface area contributed by atoms with Crippen LogP contribution in [0.25, 0.3) is 0 Å². The Morgan fingerprint density at radius 3 is 2.62 bits per heavy atom. The molecule has 0 aliphatic carbocycles. The fraction of sp³-hybridized carbons (Fsp3) is 0.667. The molecule has 0 aliphatic heterocycles. The molecule has 0 aromatic rings. The Labute approximate surface area is 45.6 Å². The van der Waals surface area contributed by atoms with Crippen molar-refractivity contribution < 1.29 is 9.90 Å². The molecule has 8 heavy (non-hydrogen) atoms. The van der Waals surface area contributed by atoms with Crippen LogP contribution in [0.1, 0.15) is 6.92 Å². The standard InChI is InChI=1S/C3H5N3O2/c1-2(3(7)8)5-6-4/h2,4H,1H3/p+1. The van der Waals surface area contributed by atoms with Gasteiger partial charge in [-0.2, -0.15) is 0 Å². The molecule has 44 valence electrons. The highest BCUT2D eigenvalue weighted by atomic mass is 16.4. The second-order valence-electron chi connectivity index (χ2n) is 1.23. The monoisotopic (exact) mass is 116 g/mol. The molecule has 2 N–H and O–H groups in total. The molecule has 0 aliphatic rings. The summed E-state index contributed by atoms with van der Waals surface area (Å²) in [6, 6.07) is -0.896. The van der Waals surface area contributed by atoms with Crippen LogP contribution in [0, 0.1) is 5.53 Å². The summed E-state index contributed by atoms with van der Waals surface area (Å²) in [6.45, 7) is 1.35. The van der Waals surface area contributed by atoms with Gasteiger partial charge in [-0.1, -0.05) is 0 Å². The lowest BCUT2D eigenvalue weighted by atomic mass is 10.4. The van der Waals surface area contributed by atoms with Gasteiger partial charge in [0.25, 0.3) is 0 Å². The molecule has 0 heterocycles. The van der Waals surface area contributed by atoms with Crippen molar-refractivity contribution in [1.82, 2.24) is 4.91 Å². The highest BCUT2D eigenvalue weighted by Gasteiger charge is 2.13. The Morgan fingerprint density at radius 2 is 2.50 bits per heavy atom. The van der Waals surface area contributed by atoms with Crippen molar-refractivity contribution in [3.8, 4) is 0 Å². The number of carboxylic acids is 1. The predicted octanol–water partition coefficient (Wildman–Crippen LogP) is 0.00987. The quantitative estimate of drug-likeness (QED) is 0.393. The first kappa shape index (κ1) is 6.78. The van der Waals surface area contributed by atoms with Gasteiger partial charge in [-0.15, -0.1) is 0 Å². The van der Waals surface area contributed by atoms with Crippen LogP contribution in [0.15, 0.2) is 5.11 Å². The molecule has 0 rings (SSSR count). The van der Waals surface area contributed by atoms with Crippen LogP contribution in [-0.4, -0.2) is 17.1 Å². The molecule has 0 radical (unpaired) electrons. The zero-order valence-electron chi connectivity index (χ0n) is 4.33. The smallest absolute Gasteiger partial charge is 0.335 e. The first-order valence-electron chi connectivity index (χ1n) is 1.98. The maximum atomic E-state index is 9.85. The number of rotatable bonds is 2. The van der Waals surface area contributed by atoms with E-state index >= 15 is 0 Å². The van der Waals surface area contributed by atoms with Gasteiger partial charge in [0.05, 0.1) is 0 Å². The largest absolute Gasteiger partial charge is 0.479 e. The van der Waals surface area contributed by atoms with Crippen molar-refractivity contribution in [2.75, 3.05) is 0 Å². The van der Waals surface area contributed by atoms with E-state index in [4.69, 9.17) is 10.6 Å². The number of carboxylic acid groups (broad SMARTS) is 1. The molecular weight excluding hydrogens is 110 g/mol. The lowest BCUT2D eigenvalue weighted by molar-refractivity contribution is -0.138. The minimum absolute atomic E-state index is 0.896. The van der Waals surface area contributed by atoms with Crippen molar-refractivity contribution in [2.45, 2.75) is 13.0 Å². The van der Waals surface area contributed by atoms with Crippen LogP contribution in [-0.2, 0) is 4.79 Å². The fourth-order valence-corrected chi connectivity index (χ4v) is 0.136. The number of nitrogens with zero attached hydrogens (tertiary/aromatic N) is 2. The molecule has 0 fully saturated rings. The van der Waals surface area contributed by atoms with E-state index in [2.05, 4.69) is 10.0 Å². The summed E-state index contributed by atoms with van der Waals surface area (Å²) >= 11 is 0. The fourth-order valence-electron chi connectivity index (χ4n) is 0.136. The van der Waals surface area contributed by atoms with Crippen molar-refractivity contribution >= 4 is 5.97 Å². The van der Waals surface area contributed by atoms with Crippen LogP contribution in [0.5, 0.6) is 0 Å². The molecule has 1 atom stereocenters. The average Bonchev–Trinajstić information content (AvgIpc) is 1.67. The number of nitrogens with one attached hydrogen (secondary N) is 1. The van der Waals surface area contributed by atoms with E-state index in [0.717, 1.165) is 0 Å². The van der Waals surface area contributed by atoms with Crippen LogP contribution < -0.4 is 4.91 Å². The maximum absolute atomic E-state index is 9.85. The molecule has 5 heteroatoms. The van der Waals surface area contributed by atoms with Crippen molar-refractivity contribution in [3.05, 3.63) is 0 Å². The number of carbonyl (C=O) groups is 1. The Kier molecular flexibility index (Phi) is 2.43. The van der Waals surface area contributed by atoms with E-state index in [1.54, 1.807) is 0 Å². The molecule has 0 saturated carbocycles.